The molecule has 1 aromatic carbocycles. The second kappa shape index (κ2) is 8.62. The Labute approximate surface area is 126 Å². The summed E-state index contributed by atoms with van der Waals surface area (Å²) in [6, 6.07) is 6.90. The van der Waals surface area contributed by atoms with Gasteiger partial charge < -0.3 is 4.74 Å². The summed E-state index contributed by atoms with van der Waals surface area (Å²) >= 11 is 5.67. The highest BCUT2D eigenvalue weighted by Gasteiger charge is 2.22. The highest BCUT2D eigenvalue weighted by molar-refractivity contribution is 7.89. The van der Waals surface area contributed by atoms with Crippen LogP contribution >= 0.6 is 11.6 Å². The molecule has 114 valence electrons. The van der Waals surface area contributed by atoms with Crippen molar-refractivity contribution in [2.45, 2.75) is 25.2 Å². The van der Waals surface area contributed by atoms with Crippen molar-refractivity contribution in [2.75, 3.05) is 32.2 Å². The number of benzene rings is 1. The lowest BCUT2D eigenvalue weighted by atomic mass is 10.2. The first-order valence-corrected chi connectivity index (χ1v) is 8.76. The summed E-state index contributed by atoms with van der Waals surface area (Å²) < 4.78 is 31.6. The maximum atomic E-state index is 12.5. The second-order valence-electron chi connectivity index (χ2n) is 4.28. The molecule has 0 fully saturated rings. The third-order valence-electron chi connectivity index (χ3n) is 2.99. The quantitative estimate of drug-likeness (QED) is 0.519. The molecule has 0 spiro atoms. The first kappa shape index (κ1) is 17.4. The van der Waals surface area contributed by atoms with Gasteiger partial charge in [0.2, 0.25) is 10.0 Å². The molecule has 0 N–H and O–H groups in total. The van der Waals surface area contributed by atoms with Crippen molar-refractivity contribution in [1.82, 2.24) is 4.31 Å². The molecule has 0 aliphatic heterocycles. The van der Waals surface area contributed by atoms with E-state index >= 15 is 0 Å². The highest BCUT2D eigenvalue weighted by Crippen LogP contribution is 2.16. The molecule has 0 heterocycles. The van der Waals surface area contributed by atoms with Gasteiger partial charge in [-0.3, -0.25) is 0 Å². The van der Waals surface area contributed by atoms with Gasteiger partial charge in [0.05, 0.1) is 11.5 Å². The first-order chi connectivity index (χ1) is 9.56. The largest absolute Gasteiger partial charge is 0.380 e. The topological polar surface area (TPSA) is 46.6 Å². The van der Waals surface area contributed by atoms with E-state index in [-0.39, 0.29) is 0 Å². The van der Waals surface area contributed by atoms with Crippen LogP contribution in [-0.4, -0.2) is 44.9 Å². The molecule has 0 aliphatic rings. The van der Waals surface area contributed by atoms with E-state index in [0.29, 0.717) is 37.1 Å². The molecule has 4 nitrogen and oxygen atoms in total. The Morgan fingerprint density at radius 3 is 2.35 bits per heavy atom. The van der Waals surface area contributed by atoms with Gasteiger partial charge in [0.15, 0.2) is 0 Å². The fourth-order valence-electron chi connectivity index (χ4n) is 1.85. The molecule has 1 rings (SSSR count). The second-order valence-corrected chi connectivity index (χ2v) is 6.59. The lowest BCUT2D eigenvalue weighted by Crippen LogP contribution is -2.33. The van der Waals surface area contributed by atoms with Crippen LogP contribution in [0.5, 0.6) is 0 Å². The number of rotatable bonds is 9. The van der Waals surface area contributed by atoms with E-state index in [4.69, 9.17) is 16.3 Å². The fourth-order valence-corrected chi connectivity index (χ4v) is 3.50. The molecule has 20 heavy (non-hydrogen) atoms. The van der Waals surface area contributed by atoms with Crippen LogP contribution in [0, 0.1) is 0 Å². The molecule has 0 amide bonds. The zero-order valence-corrected chi connectivity index (χ0v) is 13.6. The van der Waals surface area contributed by atoms with Crippen molar-refractivity contribution in [3.05, 3.63) is 29.8 Å². The average Bonchev–Trinajstić information content (AvgIpc) is 2.44. The Hall–Kier alpha value is -0.620. The Kier molecular flexibility index (Phi) is 7.51. The molecule has 0 aromatic heterocycles. The third kappa shape index (κ3) is 4.74. The van der Waals surface area contributed by atoms with Crippen molar-refractivity contribution in [3.63, 3.8) is 0 Å². The van der Waals surface area contributed by atoms with Gasteiger partial charge in [-0.05, 0) is 31.0 Å². The summed E-state index contributed by atoms with van der Waals surface area (Å²) in [6.07, 6.45) is 0.740. The summed E-state index contributed by atoms with van der Waals surface area (Å²) in [5.74, 6) is 0.529. The van der Waals surface area contributed by atoms with Gasteiger partial charge in [0, 0.05) is 25.6 Å². The molecule has 0 saturated heterocycles. The standard InChI is InChI=1S/C14H22ClNO3S/c1-3-16(11-12-19-4-2)20(17,18)14-7-5-13(6-8-14)9-10-15/h5-8H,3-4,9-12H2,1-2H3. The number of nitrogens with zero attached hydrogens (tertiary/aromatic N) is 1. The summed E-state index contributed by atoms with van der Waals surface area (Å²) in [4.78, 5) is 0.314. The number of aryl methyl sites for hydroxylation is 1. The Morgan fingerprint density at radius 1 is 1.20 bits per heavy atom. The monoisotopic (exact) mass is 319 g/mol. The summed E-state index contributed by atoms with van der Waals surface area (Å²) in [6.45, 7) is 5.51. The molecular weight excluding hydrogens is 298 g/mol. The van der Waals surface area contributed by atoms with Crippen LogP contribution in [0.15, 0.2) is 29.2 Å². The normalized spacial score (nSPS) is 12.0. The number of halogens is 1. The van der Waals surface area contributed by atoms with E-state index < -0.39 is 10.0 Å². The molecule has 0 radical (unpaired) electrons. The van der Waals surface area contributed by atoms with Crippen LogP contribution in [0.3, 0.4) is 0 Å². The van der Waals surface area contributed by atoms with Gasteiger partial charge in [-0.15, -0.1) is 11.6 Å². The SMILES string of the molecule is CCOCCN(CC)S(=O)(=O)c1ccc(CCCl)cc1. The van der Waals surface area contributed by atoms with E-state index in [1.165, 1.54) is 4.31 Å². The molecule has 0 bridgehead atoms. The fraction of sp³-hybridized carbons (Fsp3) is 0.571. The molecule has 0 atom stereocenters. The van der Waals surface area contributed by atoms with E-state index in [9.17, 15) is 8.42 Å². The lowest BCUT2D eigenvalue weighted by Gasteiger charge is -2.20. The Bertz CT molecular complexity index is 488. The van der Waals surface area contributed by atoms with Crippen molar-refractivity contribution >= 4 is 21.6 Å². The molecule has 0 aliphatic carbocycles. The van der Waals surface area contributed by atoms with Crippen molar-refractivity contribution in [3.8, 4) is 0 Å². The highest BCUT2D eigenvalue weighted by atomic mass is 35.5. The predicted octanol–water partition coefficient (Wildman–Crippen LogP) is 2.52. The van der Waals surface area contributed by atoms with Crippen molar-refractivity contribution < 1.29 is 13.2 Å². The molecule has 6 heteroatoms. The first-order valence-electron chi connectivity index (χ1n) is 6.79. The van der Waals surface area contributed by atoms with Gasteiger partial charge >= 0.3 is 0 Å². The maximum Gasteiger partial charge on any atom is 0.243 e. The lowest BCUT2D eigenvalue weighted by molar-refractivity contribution is 0.135. The number of alkyl halides is 1. The number of hydrogen-bond acceptors (Lipinski definition) is 3. The minimum Gasteiger partial charge on any atom is -0.380 e. The summed E-state index contributed by atoms with van der Waals surface area (Å²) in [5, 5.41) is 0. The Morgan fingerprint density at radius 2 is 1.85 bits per heavy atom. The minimum absolute atomic E-state index is 0.314. The van der Waals surface area contributed by atoms with Gasteiger partial charge in [-0.2, -0.15) is 4.31 Å². The summed E-state index contributed by atoms with van der Waals surface area (Å²) in [5.41, 5.74) is 1.04. The van der Waals surface area contributed by atoms with Crippen LogP contribution in [0.4, 0.5) is 0 Å². The predicted molar refractivity (Wildman–Crippen MR) is 81.8 cm³/mol. The number of hydrogen-bond donors (Lipinski definition) is 0. The van der Waals surface area contributed by atoms with E-state index in [1.54, 1.807) is 12.1 Å². The van der Waals surface area contributed by atoms with Crippen LogP contribution < -0.4 is 0 Å². The molecule has 0 saturated carbocycles. The van der Waals surface area contributed by atoms with Gasteiger partial charge in [0.1, 0.15) is 0 Å². The molecule has 1 aromatic rings. The molecule has 0 unspecified atom stereocenters. The van der Waals surface area contributed by atoms with Crippen LogP contribution in [0.1, 0.15) is 19.4 Å². The smallest absolute Gasteiger partial charge is 0.243 e. The average molecular weight is 320 g/mol. The van der Waals surface area contributed by atoms with Gasteiger partial charge in [0.25, 0.3) is 0 Å². The van der Waals surface area contributed by atoms with Gasteiger partial charge in [-0.25, -0.2) is 8.42 Å². The zero-order chi connectivity index (χ0) is 15.0. The zero-order valence-electron chi connectivity index (χ0n) is 12.0. The number of sulfonamides is 1. The van der Waals surface area contributed by atoms with Crippen LogP contribution in [0.2, 0.25) is 0 Å². The van der Waals surface area contributed by atoms with E-state index in [2.05, 4.69) is 0 Å². The van der Waals surface area contributed by atoms with Crippen LogP contribution in [0.25, 0.3) is 0 Å². The van der Waals surface area contributed by atoms with Crippen molar-refractivity contribution in [2.24, 2.45) is 0 Å². The van der Waals surface area contributed by atoms with Gasteiger partial charge in [-0.1, -0.05) is 19.1 Å². The van der Waals surface area contributed by atoms with Crippen molar-refractivity contribution in [1.29, 1.82) is 0 Å². The minimum atomic E-state index is -3.44. The molecular formula is C14H22ClNO3S. The Balaban J connectivity index is 2.84. The number of likely N-dealkylation sites (N-methyl/N-ethyl adjacent to an activating group) is 1. The number of ether oxygens (including phenoxy) is 1. The third-order valence-corrected chi connectivity index (χ3v) is 5.16. The van der Waals surface area contributed by atoms with E-state index in [0.717, 1.165) is 12.0 Å². The summed E-state index contributed by atoms with van der Waals surface area (Å²) in [7, 11) is -3.44. The maximum absolute atomic E-state index is 12.5. The van der Waals surface area contributed by atoms with E-state index in [1.807, 2.05) is 26.0 Å². The van der Waals surface area contributed by atoms with Crippen LogP contribution in [-0.2, 0) is 21.2 Å².